The summed E-state index contributed by atoms with van der Waals surface area (Å²) in [6, 6.07) is 11.9. The molecule has 4 aromatic rings. The first kappa shape index (κ1) is 23.5. The number of nitrogens with zero attached hydrogens (tertiary/aromatic N) is 4. The molecule has 192 valence electrons. The molecular formula is C28H22Cl2N4O4. The maximum absolute atomic E-state index is 11.2. The van der Waals surface area contributed by atoms with E-state index >= 15 is 0 Å². The largest absolute Gasteiger partial charge is 0.489 e. The molecule has 1 saturated heterocycles. The Morgan fingerprint density at radius 1 is 1.03 bits per heavy atom. The van der Waals surface area contributed by atoms with Crippen LogP contribution in [0.5, 0.6) is 5.75 Å². The Kier molecular flexibility index (Phi) is 5.56. The fraction of sp³-hybridized carbons (Fsp3) is 0.286. The molecule has 2 fully saturated rings. The molecule has 3 aliphatic rings. The molecule has 2 bridgehead atoms. The molecule has 2 unspecified atom stereocenters. The Bertz CT molecular complexity index is 1550. The van der Waals surface area contributed by atoms with Gasteiger partial charge in [0, 0.05) is 11.5 Å². The highest BCUT2D eigenvalue weighted by Gasteiger charge is 2.45. The lowest BCUT2D eigenvalue weighted by Crippen LogP contribution is -2.20. The van der Waals surface area contributed by atoms with E-state index in [2.05, 4.69) is 32.2 Å². The SMILES string of the molecule is O=C(O)c1cnc(N2C3CCC2c2cc(OCc4c(-c5c(Cl)cccc5Cl)noc4C4CC4)ccc23)cn1. The summed E-state index contributed by atoms with van der Waals surface area (Å²) in [6.45, 7) is 0.283. The summed E-state index contributed by atoms with van der Waals surface area (Å²) in [7, 11) is 0. The number of hydrogen-bond acceptors (Lipinski definition) is 7. The van der Waals surface area contributed by atoms with Gasteiger partial charge in [-0.1, -0.05) is 40.5 Å². The molecular weight excluding hydrogens is 527 g/mol. The number of hydrogen-bond donors (Lipinski definition) is 1. The van der Waals surface area contributed by atoms with Crippen molar-refractivity contribution in [3.05, 3.63) is 87.0 Å². The number of aromatic nitrogens is 3. The topological polar surface area (TPSA) is 102 Å². The highest BCUT2D eigenvalue weighted by molar-refractivity contribution is 6.39. The maximum Gasteiger partial charge on any atom is 0.356 e. The molecule has 8 nitrogen and oxygen atoms in total. The third-order valence-corrected chi connectivity index (χ3v) is 8.26. The average Bonchev–Trinajstić information content (AvgIpc) is 3.43. The fourth-order valence-corrected chi connectivity index (χ4v) is 6.32. The van der Waals surface area contributed by atoms with Crippen LogP contribution in [-0.2, 0) is 6.61 Å². The minimum Gasteiger partial charge on any atom is -0.489 e. The number of carboxylic acid groups (broad SMARTS) is 1. The van der Waals surface area contributed by atoms with Crippen molar-refractivity contribution in [2.75, 3.05) is 4.90 Å². The second-order valence-corrected chi connectivity index (χ2v) is 10.7. The van der Waals surface area contributed by atoms with Crippen molar-refractivity contribution in [3.8, 4) is 17.0 Å². The molecule has 1 saturated carbocycles. The Morgan fingerprint density at radius 2 is 1.79 bits per heavy atom. The van der Waals surface area contributed by atoms with Gasteiger partial charge < -0.3 is 19.3 Å². The summed E-state index contributed by atoms with van der Waals surface area (Å²) >= 11 is 13.0. The van der Waals surface area contributed by atoms with Gasteiger partial charge in [-0.05, 0) is 61.1 Å². The molecule has 38 heavy (non-hydrogen) atoms. The van der Waals surface area contributed by atoms with Gasteiger partial charge in [0.1, 0.15) is 29.6 Å². The summed E-state index contributed by atoms with van der Waals surface area (Å²) in [5, 5.41) is 14.5. The quantitative estimate of drug-likeness (QED) is 0.263. The lowest BCUT2D eigenvalue weighted by atomic mass is 9.92. The van der Waals surface area contributed by atoms with Gasteiger partial charge in [0.25, 0.3) is 0 Å². The lowest BCUT2D eigenvalue weighted by molar-refractivity contribution is 0.0690. The van der Waals surface area contributed by atoms with Crippen LogP contribution >= 0.6 is 23.2 Å². The van der Waals surface area contributed by atoms with Crippen molar-refractivity contribution < 1.29 is 19.2 Å². The second-order valence-electron chi connectivity index (χ2n) is 9.91. The highest BCUT2D eigenvalue weighted by Crippen LogP contribution is 2.55. The normalized spacial score (nSPS) is 19.6. The first-order valence-electron chi connectivity index (χ1n) is 12.5. The van der Waals surface area contributed by atoms with Crippen molar-refractivity contribution in [1.29, 1.82) is 0 Å². The maximum atomic E-state index is 11.2. The van der Waals surface area contributed by atoms with Crippen LogP contribution in [-0.4, -0.2) is 26.2 Å². The zero-order valence-electron chi connectivity index (χ0n) is 20.1. The van der Waals surface area contributed by atoms with Crippen LogP contribution < -0.4 is 9.64 Å². The number of carbonyl (C=O) groups is 1. The highest BCUT2D eigenvalue weighted by atomic mass is 35.5. The molecule has 4 heterocycles. The first-order chi connectivity index (χ1) is 18.5. The van der Waals surface area contributed by atoms with Gasteiger partial charge in [0.2, 0.25) is 0 Å². The van der Waals surface area contributed by atoms with E-state index in [1.54, 1.807) is 24.4 Å². The van der Waals surface area contributed by atoms with Gasteiger partial charge in [-0.25, -0.2) is 14.8 Å². The summed E-state index contributed by atoms with van der Waals surface area (Å²) in [5.41, 5.74) is 4.53. The molecule has 1 N–H and O–H groups in total. The number of halogens is 2. The molecule has 2 atom stereocenters. The van der Waals surface area contributed by atoms with E-state index in [4.69, 9.17) is 37.6 Å². The molecule has 0 spiro atoms. The third kappa shape index (κ3) is 3.82. The number of fused-ring (bicyclic) bond motifs is 5. The molecule has 2 aromatic heterocycles. The van der Waals surface area contributed by atoms with E-state index in [-0.39, 0.29) is 24.4 Å². The summed E-state index contributed by atoms with van der Waals surface area (Å²) < 4.78 is 12.1. The van der Waals surface area contributed by atoms with Gasteiger partial charge in [0.05, 0.1) is 40.1 Å². The van der Waals surface area contributed by atoms with Crippen molar-refractivity contribution in [2.24, 2.45) is 0 Å². The van der Waals surface area contributed by atoms with Crippen LogP contribution in [0.4, 0.5) is 5.82 Å². The molecule has 7 rings (SSSR count). The predicted octanol–water partition coefficient (Wildman–Crippen LogP) is 6.99. The van der Waals surface area contributed by atoms with Crippen LogP contribution in [0.15, 0.2) is 53.3 Å². The number of carboxylic acids is 1. The van der Waals surface area contributed by atoms with Gasteiger partial charge >= 0.3 is 5.97 Å². The molecule has 0 radical (unpaired) electrons. The van der Waals surface area contributed by atoms with Crippen molar-refractivity contribution in [1.82, 2.24) is 15.1 Å². The Balaban J connectivity index is 1.16. The summed E-state index contributed by atoms with van der Waals surface area (Å²) in [6.07, 6.45) is 6.97. The number of anilines is 1. The monoisotopic (exact) mass is 548 g/mol. The molecule has 0 amide bonds. The van der Waals surface area contributed by atoms with E-state index < -0.39 is 5.97 Å². The van der Waals surface area contributed by atoms with Crippen LogP contribution in [0, 0.1) is 0 Å². The Morgan fingerprint density at radius 3 is 2.47 bits per heavy atom. The van der Waals surface area contributed by atoms with Gasteiger partial charge in [0.15, 0.2) is 5.69 Å². The van der Waals surface area contributed by atoms with Crippen LogP contribution in [0.25, 0.3) is 11.3 Å². The smallest absolute Gasteiger partial charge is 0.356 e. The molecule has 10 heteroatoms. The summed E-state index contributed by atoms with van der Waals surface area (Å²) in [4.78, 5) is 21.9. The van der Waals surface area contributed by atoms with Gasteiger partial charge in [-0.15, -0.1) is 0 Å². The molecule has 1 aliphatic carbocycles. The molecule has 2 aliphatic heterocycles. The number of aromatic carboxylic acids is 1. The van der Waals surface area contributed by atoms with E-state index in [9.17, 15) is 4.79 Å². The van der Waals surface area contributed by atoms with E-state index in [1.165, 1.54) is 17.3 Å². The Hall–Kier alpha value is -3.62. The van der Waals surface area contributed by atoms with Crippen LogP contribution in [0.1, 0.15) is 76.6 Å². The van der Waals surface area contributed by atoms with Gasteiger partial charge in [-0.3, -0.25) is 0 Å². The number of rotatable bonds is 7. The zero-order valence-corrected chi connectivity index (χ0v) is 21.6. The average molecular weight is 549 g/mol. The van der Waals surface area contributed by atoms with E-state index in [0.29, 0.717) is 33.0 Å². The number of ether oxygens (including phenoxy) is 1. The standard InChI is InChI=1S/C28H22Cl2N4O4/c29-19-2-1-3-20(30)25(19)26-18(27(38-33-26)14-4-5-14)13-37-15-6-7-16-17(10-15)23-9-8-22(16)34(23)24-12-31-21(11-32-24)28(35)36/h1-3,6-7,10-12,14,22-23H,4-5,8-9,13H2,(H,35,36). The zero-order chi connectivity index (χ0) is 26.0. The third-order valence-electron chi connectivity index (χ3n) is 7.63. The van der Waals surface area contributed by atoms with Crippen LogP contribution in [0.2, 0.25) is 10.0 Å². The minimum atomic E-state index is -1.09. The van der Waals surface area contributed by atoms with Crippen molar-refractivity contribution in [2.45, 2.75) is 50.3 Å². The van der Waals surface area contributed by atoms with E-state index in [1.807, 2.05) is 6.07 Å². The molecule has 2 aromatic carbocycles. The lowest BCUT2D eigenvalue weighted by Gasteiger charge is -2.23. The summed E-state index contributed by atoms with van der Waals surface area (Å²) in [5.74, 6) is 1.53. The second kappa shape index (κ2) is 8.99. The van der Waals surface area contributed by atoms with Crippen molar-refractivity contribution in [3.63, 3.8) is 0 Å². The number of benzene rings is 2. The predicted molar refractivity (Wildman–Crippen MR) is 141 cm³/mol. The van der Waals surface area contributed by atoms with E-state index in [0.717, 1.165) is 42.8 Å². The minimum absolute atomic E-state index is 0.0646. The first-order valence-corrected chi connectivity index (χ1v) is 13.3. The Labute approximate surface area is 228 Å². The van der Waals surface area contributed by atoms with Crippen LogP contribution in [0.3, 0.4) is 0 Å². The van der Waals surface area contributed by atoms with Crippen molar-refractivity contribution >= 4 is 35.0 Å². The van der Waals surface area contributed by atoms with Gasteiger partial charge in [-0.2, -0.15) is 0 Å². The fourth-order valence-electron chi connectivity index (χ4n) is 5.74.